The Balaban J connectivity index is 3.42. The van der Waals surface area contributed by atoms with Gasteiger partial charge < -0.3 is 10.6 Å². The molecule has 1 aromatic rings. The molecular formula is C13H23N3O2S. The summed E-state index contributed by atoms with van der Waals surface area (Å²) in [5, 5.41) is 0. The second-order valence-electron chi connectivity index (χ2n) is 4.72. The SMILES string of the molecule is CCCN(c1ccc(N)cc1S(=O)(=O)NC)C(C)C. The molecule has 0 saturated heterocycles. The van der Waals surface area contributed by atoms with Crippen molar-refractivity contribution in [1.29, 1.82) is 0 Å². The Labute approximate surface area is 115 Å². The Morgan fingerprint density at radius 3 is 2.47 bits per heavy atom. The molecule has 6 heteroatoms. The molecule has 19 heavy (non-hydrogen) atoms. The number of hydrogen-bond donors (Lipinski definition) is 2. The van der Waals surface area contributed by atoms with Gasteiger partial charge in [0.1, 0.15) is 4.90 Å². The van der Waals surface area contributed by atoms with Crippen molar-refractivity contribution in [3.8, 4) is 0 Å². The number of nitrogen functional groups attached to an aromatic ring is 1. The van der Waals surface area contributed by atoms with E-state index in [0.717, 1.165) is 13.0 Å². The number of hydrogen-bond acceptors (Lipinski definition) is 4. The zero-order valence-corrected chi connectivity index (χ0v) is 12.8. The number of sulfonamides is 1. The third kappa shape index (κ3) is 3.61. The van der Waals surface area contributed by atoms with Crippen LogP contribution in [0.25, 0.3) is 0 Å². The minimum Gasteiger partial charge on any atom is -0.399 e. The summed E-state index contributed by atoms with van der Waals surface area (Å²) in [5.74, 6) is 0. The number of benzene rings is 1. The molecule has 1 aromatic carbocycles. The van der Waals surface area contributed by atoms with Gasteiger partial charge in [-0.15, -0.1) is 0 Å². The van der Waals surface area contributed by atoms with E-state index in [0.29, 0.717) is 11.4 Å². The zero-order valence-electron chi connectivity index (χ0n) is 12.0. The van der Waals surface area contributed by atoms with Crippen LogP contribution >= 0.6 is 0 Å². The Bertz CT molecular complexity index is 527. The van der Waals surface area contributed by atoms with Crippen LogP contribution in [0.3, 0.4) is 0 Å². The summed E-state index contributed by atoms with van der Waals surface area (Å²) in [5.41, 5.74) is 6.86. The Kier molecular flexibility index (Phi) is 5.20. The van der Waals surface area contributed by atoms with E-state index in [1.807, 2.05) is 13.8 Å². The van der Waals surface area contributed by atoms with E-state index >= 15 is 0 Å². The van der Waals surface area contributed by atoms with Crippen molar-refractivity contribution in [2.45, 2.75) is 38.1 Å². The van der Waals surface area contributed by atoms with Crippen molar-refractivity contribution in [2.75, 3.05) is 24.2 Å². The highest BCUT2D eigenvalue weighted by molar-refractivity contribution is 7.89. The Morgan fingerprint density at radius 1 is 1.37 bits per heavy atom. The topological polar surface area (TPSA) is 75.4 Å². The highest BCUT2D eigenvalue weighted by atomic mass is 32.2. The number of nitrogens with one attached hydrogen (secondary N) is 1. The fourth-order valence-corrected chi connectivity index (χ4v) is 2.96. The van der Waals surface area contributed by atoms with Crippen LogP contribution in [0, 0.1) is 0 Å². The van der Waals surface area contributed by atoms with Gasteiger partial charge in [-0.25, -0.2) is 13.1 Å². The molecule has 0 unspecified atom stereocenters. The van der Waals surface area contributed by atoms with Crippen LogP contribution in [0.15, 0.2) is 23.1 Å². The first-order valence-corrected chi connectivity index (χ1v) is 7.91. The molecule has 0 aromatic heterocycles. The van der Waals surface area contributed by atoms with E-state index < -0.39 is 10.0 Å². The second-order valence-corrected chi connectivity index (χ2v) is 6.58. The molecule has 3 N–H and O–H groups in total. The average molecular weight is 285 g/mol. The van der Waals surface area contributed by atoms with Gasteiger partial charge in [-0.3, -0.25) is 0 Å². The van der Waals surface area contributed by atoms with Crippen molar-refractivity contribution in [2.24, 2.45) is 0 Å². The second kappa shape index (κ2) is 6.25. The van der Waals surface area contributed by atoms with Gasteiger partial charge in [0.2, 0.25) is 10.0 Å². The molecule has 0 aliphatic heterocycles. The number of rotatable bonds is 6. The Morgan fingerprint density at radius 2 is 2.00 bits per heavy atom. The molecule has 0 saturated carbocycles. The van der Waals surface area contributed by atoms with Crippen LogP contribution in [-0.2, 0) is 10.0 Å². The van der Waals surface area contributed by atoms with Crippen molar-refractivity contribution in [3.63, 3.8) is 0 Å². The molecule has 108 valence electrons. The first-order valence-electron chi connectivity index (χ1n) is 6.43. The van der Waals surface area contributed by atoms with Gasteiger partial charge in [-0.1, -0.05) is 6.92 Å². The fraction of sp³-hybridized carbons (Fsp3) is 0.538. The summed E-state index contributed by atoms with van der Waals surface area (Å²) in [6.07, 6.45) is 0.946. The molecule has 0 heterocycles. The quantitative estimate of drug-likeness (QED) is 0.782. The van der Waals surface area contributed by atoms with Gasteiger partial charge in [0.15, 0.2) is 0 Å². The molecule has 0 bridgehead atoms. The van der Waals surface area contributed by atoms with E-state index in [1.54, 1.807) is 12.1 Å². The average Bonchev–Trinajstić information content (AvgIpc) is 2.36. The monoisotopic (exact) mass is 285 g/mol. The van der Waals surface area contributed by atoms with E-state index in [2.05, 4.69) is 16.5 Å². The third-order valence-electron chi connectivity index (χ3n) is 2.94. The van der Waals surface area contributed by atoms with E-state index in [-0.39, 0.29) is 10.9 Å². The van der Waals surface area contributed by atoms with Crippen LogP contribution in [-0.4, -0.2) is 28.1 Å². The normalized spacial score (nSPS) is 11.8. The van der Waals surface area contributed by atoms with Gasteiger partial charge in [0.25, 0.3) is 0 Å². The van der Waals surface area contributed by atoms with E-state index in [9.17, 15) is 8.42 Å². The van der Waals surface area contributed by atoms with E-state index in [1.165, 1.54) is 13.1 Å². The van der Waals surface area contributed by atoms with Crippen LogP contribution in [0.1, 0.15) is 27.2 Å². The summed E-state index contributed by atoms with van der Waals surface area (Å²) in [6.45, 7) is 6.95. The summed E-state index contributed by atoms with van der Waals surface area (Å²) in [7, 11) is -2.12. The molecule has 0 radical (unpaired) electrons. The number of nitrogens with zero attached hydrogens (tertiary/aromatic N) is 1. The van der Waals surface area contributed by atoms with Crippen LogP contribution < -0.4 is 15.4 Å². The zero-order chi connectivity index (χ0) is 14.6. The molecule has 5 nitrogen and oxygen atoms in total. The number of anilines is 2. The lowest BCUT2D eigenvalue weighted by atomic mass is 10.2. The smallest absolute Gasteiger partial charge is 0.242 e. The largest absolute Gasteiger partial charge is 0.399 e. The molecular weight excluding hydrogens is 262 g/mol. The van der Waals surface area contributed by atoms with Gasteiger partial charge in [0, 0.05) is 18.3 Å². The maximum Gasteiger partial charge on any atom is 0.242 e. The summed E-state index contributed by atoms with van der Waals surface area (Å²) in [6, 6.07) is 5.23. The third-order valence-corrected chi connectivity index (χ3v) is 4.38. The lowest BCUT2D eigenvalue weighted by Gasteiger charge is -2.30. The molecule has 0 spiro atoms. The minimum absolute atomic E-state index is 0.217. The fourth-order valence-electron chi connectivity index (χ4n) is 1.99. The summed E-state index contributed by atoms with van der Waals surface area (Å²) < 4.78 is 26.6. The standard InChI is InChI=1S/C13H23N3O2S/c1-5-8-16(10(2)3)12-7-6-11(14)9-13(12)19(17,18)15-4/h6-7,9-10,15H,5,8,14H2,1-4H3. The molecule has 0 fully saturated rings. The van der Waals surface area contributed by atoms with Crippen molar-refractivity contribution in [1.82, 2.24) is 4.72 Å². The van der Waals surface area contributed by atoms with Gasteiger partial charge in [0.05, 0.1) is 5.69 Å². The lowest BCUT2D eigenvalue weighted by Crippen LogP contribution is -2.33. The van der Waals surface area contributed by atoms with E-state index in [4.69, 9.17) is 5.73 Å². The van der Waals surface area contributed by atoms with Crippen LogP contribution in [0.2, 0.25) is 0 Å². The predicted octanol–water partition coefficient (Wildman–Crippen LogP) is 1.80. The molecule has 0 aliphatic rings. The van der Waals surface area contributed by atoms with Crippen LogP contribution in [0.5, 0.6) is 0 Å². The molecule has 1 rings (SSSR count). The molecule has 0 atom stereocenters. The first kappa shape index (κ1) is 15.8. The van der Waals surface area contributed by atoms with Gasteiger partial charge >= 0.3 is 0 Å². The predicted molar refractivity (Wildman–Crippen MR) is 79.9 cm³/mol. The maximum absolute atomic E-state index is 12.1. The van der Waals surface area contributed by atoms with Crippen LogP contribution in [0.4, 0.5) is 11.4 Å². The highest BCUT2D eigenvalue weighted by Gasteiger charge is 2.22. The van der Waals surface area contributed by atoms with Crippen molar-refractivity contribution >= 4 is 21.4 Å². The Hall–Kier alpha value is -1.27. The number of nitrogens with two attached hydrogens (primary N) is 1. The first-order chi connectivity index (χ1) is 8.83. The summed E-state index contributed by atoms with van der Waals surface area (Å²) in [4.78, 5) is 2.31. The minimum atomic E-state index is -3.52. The van der Waals surface area contributed by atoms with Crippen molar-refractivity contribution < 1.29 is 8.42 Å². The summed E-state index contributed by atoms with van der Waals surface area (Å²) >= 11 is 0. The van der Waals surface area contributed by atoms with Gasteiger partial charge in [-0.2, -0.15) is 0 Å². The maximum atomic E-state index is 12.1. The lowest BCUT2D eigenvalue weighted by molar-refractivity contribution is 0.586. The van der Waals surface area contributed by atoms with Gasteiger partial charge in [-0.05, 0) is 45.5 Å². The molecule has 0 amide bonds. The highest BCUT2D eigenvalue weighted by Crippen LogP contribution is 2.28. The van der Waals surface area contributed by atoms with Crippen molar-refractivity contribution in [3.05, 3.63) is 18.2 Å². The molecule has 0 aliphatic carbocycles.